The van der Waals surface area contributed by atoms with Gasteiger partial charge in [-0.15, -0.1) is 0 Å². The highest BCUT2D eigenvalue weighted by atomic mass is 32.2. The highest BCUT2D eigenvalue weighted by molar-refractivity contribution is 7.90. The summed E-state index contributed by atoms with van der Waals surface area (Å²) in [5, 5.41) is 0. The molecule has 39 heavy (non-hydrogen) atoms. The number of piperidine rings is 2. The van der Waals surface area contributed by atoms with E-state index in [1.807, 2.05) is 12.1 Å². The van der Waals surface area contributed by atoms with Gasteiger partial charge in [0.15, 0.2) is 9.84 Å². The van der Waals surface area contributed by atoms with Crippen LogP contribution >= 0.6 is 0 Å². The number of aryl methyl sites for hydroxylation is 2. The summed E-state index contributed by atoms with van der Waals surface area (Å²) in [6.07, 6.45) is 12.3. The van der Waals surface area contributed by atoms with Crippen molar-refractivity contribution in [2.75, 3.05) is 25.9 Å². The third-order valence-corrected chi connectivity index (χ3v) is 11.4. The Morgan fingerprint density at radius 3 is 2.18 bits per heavy atom. The van der Waals surface area contributed by atoms with Crippen LogP contribution in [0.4, 0.5) is 0 Å². The van der Waals surface area contributed by atoms with Gasteiger partial charge < -0.3 is 9.47 Å². The molecule has 0 radical (unpaired) electrons. The Kier molecular flexibility index (Phi) is 6.40. The fourth-order valence-corrected chi connectivity index (χ4v) is 8.50. The molecule has 1 saturated carbocycles. The van der Waals surface area contributed by atoms with E-state index in [-0.39, 0.29) is 0 Å². The second kappa shape index (κ2) is 9.71. The number of fused-ring (bicyclic) bond motifs is 3. The Hall–Kier alpha value is -2.22. The third kappa shape index (κ3) is 4.85. The van der Waals surface area contributed by atoms with Crippen LogP contribution in [0.2, 0.25) is 0 Å². The van der Waals surface area contributed by atoms with Gasteiger partial charge >= 0.3 is 0 Å². The van der Waals surface area contributed by atoms with Gasteiger partial charge in [0, 0.05) is 43.5 Å². The van der Waals surface area contributed by atoms with Crippen molar-refractivity contribution in [2.45, 2.75) is 87.2 Å². The lowest BCUT2D eigenvalue weighted by Gasteiger charge is -2.45. The molecule has 6 nitrogen and oxygen atoms in total. The Labute approximate surface area is 233 Å². The lowest BCUT2D eigenvalue weighted by Crippen LogP contribution is -2.52. The first kappa shape index (κ1) is 25.7. The number of hydrogen-bond acceptors (Lipinski definition) is 5. The normalized spacial score (nSPS) is 27.0. The molecule has 2 atom stereocenters. The molecular formula is C32H42N4O2S. The maximum absolute atomic E-state index is 11.9. The van der Waals surface area contributed by atoms with Crippen LogP contribution in [0.1, 0.15) is 68.4 Å². The molecule has 0 amide bonds. The molecule has 2 bridgehead atoms. The number of sulfone groups is 1. The summed E-state index contributed by atoms with van der Waals surface area (Å²) in [6.45, 7) is 6.00. The minimum atomic E-state index is -3.21. The average Bonchev–Trinajstić information content (AvgIpc) is 3.64. The molecule has 1 aliphatic carbocycles. The summed E-state index contributed by atoms with van der Waals surface area (Å²) < 4.78 is 25.9. The van der Waals surface area contributed by atoms with Crippen molar-refractivity contribution in [1.29, 1.82) is 0 Å². The summed E-state index contributed by atoms with van der Waals surface area (Å²) in [4.78, 5) is 11.1. The van der Waals surface area contributed by atoms with Gasteiger partial charge in [-0.3, -0.25) is 4.90 Å². The number of likely N-dealkylation sites (tertiary alicyclic amines) is 1. The van der Waals surface area contributed by atoms with E-state index in [1.54, 1.807) is 12.1 Å². The summed E-state index contributed by atoms with van der Waals surface area (Å²) in [5.41, 5.74) is 5.80. The predicted octanol–water partition coefficient (Wildman–Crippen LogP) is 5.54. The molecule has 4 aliphatic rings. The van der Waals surface area contributed by atoms with Crippen molar-refractivity contribution >= 4 is 20.9 Å². The van der Waals surface area contributed by atoms with Crippen LogP contribution in [0.3, 0.4) is 0 Å². The maximum atomic E-state index is 11.9. The lowest BCUT2D eigenvalue weighted by molar-refractivity contribution is 0.0438. The molecule has 7 heteroatoms. The van der Waals surface area contributed by atoms with Crippen LogP contribution in [0, 0.1) is 12.8 Å². The summed E-state index contributed by atoms with van der Waals surface area (Å²) in [5.74, 6) is 2.49. The molecule has 0 N–H and O–H groups in total. The van der Waals surface area contributed by atoms with Gasteiger partial charge in [0.25, 0.3) is 0 Å². The van der Waals surface area contributed by atoms with Crippen molar-refractivity contribution in [3.05, 3.63) is 47.5 Å². The van der Waals surface area contributed by atoms with E-state index in [1.165, 1.54) is 88.4 Å². The maximum Gasteiger partial charge on any atom is 0.175 e. The SMILES string of the molecule is Cc1cc(C2CCN(C3CC4CCC(C3)N4CC3CC3)CC2)cc2c1nc(-c1ccc(S(C)(=O)=O)cc1)n2C. The van der Waals surface area contributed by atoms with Gasteiger partial charge in [-0.1, -0.05) is 6.07 Å². The number of aromatic nitrogens is 2. The number of imidazole rings is 1. The van der Waals surface area contributed by atoms with Crippen LogP contribution < -0.4 is 0 Å². The van der Waals surface area contributed by atoms with E-state index in [9.17, 15) is 8.42 Å². The second-order valence-electron chi connectivity index (χ2n) is 13.0. The zero-order valence-electron chi connectivity index (χ0n) is 23.6. The molecule has 208 valence electrons. The van der Waals surface area contributed by atoms with E-state index in [4.69, 9.17) is 4.98 Å². The first-order valence-electron chi connectivity index (χ1n) is 15.0. The largest absolute Gasteiger partial charge is 0.327 e. The highest BCUT2D eigenvalue weighted by Crippen LogP contribution is 2.42. The number of hydrogen-bond donors (Lipinski definition) is 0. The monoisotopic (exact) mass is 546 g/mol. The smallest absolute Gasteiger partial charge is 0.175 e. The average molecular weight is 547 g/mol. The Bertz CT molecular complexity index is 1470. The Balaban J connectivity index is 1.05. The number of rotatable bonds is 6. The molecule has 0 spiro atoms. The van der Waals surface area contributed by atoms with Gasteiger partial charge in [0.05, 0.1) is 15.9 Å². The fraction of sp³-hybridized carbons (Fsp3) is 0.594. The van der Waals surface area contributed by atoms with E-state index in [0.29, 0.717) is 10.8 Å². The molecule has 2 aromatic carbocycles. The zero-order valence-corrected chi connectivity index (χ0v) is 24.5. The molecule has 2 unspecified atom stereocenters. The predicted molar refractivity (Wildman–Crippen MR) is 157 cm³/mol. The Morgan fingerprint density at radius 1 is 0.897 bits per heavy atom. The quantitative estimate of drug-likeness (QED) is 0.407. The fourth-order valence-electron chi connectivity index (χ4n) is 7.87. The molecular weight excluding hydrogens is 504 g/mol. The third-order valence-electron chi connectivity index (χ3n) is 10.3. The summed E-state index contributed by atoms with van der Waals surface area (Å²) in [6, 6.07) is 14.3. The standard InChI is InChI=1S/C32H42N4O2S/c1-21-16-25(17-30-31(21)33-32(34(30)2)24-6-10-29(11-7-24)39(3,37)38)23-12-14-35(15-13-23)28-18-26-8-9-27(19-28)36(26)20-22-4-5-22/h6-7,10-11,16-17,22-23,26-28H,4-5,8-9,12-15,18-20H2,1-3H3. The van der Waals surface area contributed by atoms with Crippen LogP contribution in [0.25, 0.3) is 22.4 Å². The molecule has 3 saturated heterocycles. The van der Waals surface area contributed by atoms with E-state index in [0.717, 1.165) is 46.5 Å². The molecule has 4 heterocycles. The zero-order chi connectivity index (χ0) is 26.9. The minimum Gasteiger partial charge on any atom is -0.327 e. The van der Waals surface area contributed by atoms with Gasteiger partial charge in [0.2, 0.25) is 0 Å². The first-order valence-corrected chi connectivity index (χ1v) is 16.9. The van der Waals surface area contributed by atoms with Crippen molar-refractivity contribution in [3.8, 4) is 11.4 Å². The van der Waals surface area contributed by atoms with E-state index >= 15 is 0 Å². The highest BCUT2D eigenvalue weighted by Gasteiger charge is 2.44. The molecule has 4 fully saturated rings. The van der Waals surface area contributed by atoms with Gasteiger partial charge in [-0.25, -0.2) is 13.4 Å². The summed E-state index contributed by atoms with van der Waals surface area (Å²) >= 11 is 0. The molecule has 1 aromatic heterocycles. The summed E-state index contributed by atoms with van der Waals surface area (Å²) in [7, 11) is -1.14. The van der Waals surface area contributed by atoms with Crippen LogP contribution in [0.15, 0.2) is 41.3 Å². The van der Waals surface area contributed by atoms with E-state index < -0.39 is 9.84 Å². The number of benzene rings is 2. The second-order valence-corrected chi connectivity index (χ2v) is 15.0. The first-order chi connectivity index (χ1) is 18.7. The van der Waals surface area contributed by atoms with Crippen LogP contribution in [0.5, 0.6) is 0 Å². The van der Waals surface area contributed by atoms with Crippen molar-refractivity contribution in [3.63, 3.8) is 0 Å². The number of nitrogens with zero attached hydrogens (tertiary/aromatic N) is 4. The van der Waals surface area contributed by atoms with Gasteiger partial charge in [0.1, 0.15) is 5.82 Å². The van der Waals surface area contributed by atoms with Gasteiger partial charge in [-0.05, 0) is 125 Å². The van der Waals surface area contributed by atoms with Crippen LogP contribution in [-0.4, -0.2) is 71.8 Å². The van der Waals surface area contributed by atoms with Crippen molar-refractivity contribution in [2.24, 2.45) is 13.0 Å². The minimum absolute atomic E-state index is 0.339. The van der Waals surface area contributed by atoms with Crippen molar-refractivity contribution < 1.29 is 8.42 Å². The Morgan fingerprint density at radius 2 is 1.56 bits per heavy atom. The lowest BCUT2D eigenvalue weighted by atomic mass is 9.86. The van der Waals surface area contributed by atoms with Gasteiger partial charge in [-0.2, -0.15) is 0 Å². The van der Waals surface area contributed by atoms with E-state index in [2.05, 4.69) is 40.5 Å². The topological polar surface area (TPSA) is 58.4 Å². The molecule has 7 rings (SSSR count). The molecule has 3 aliphatic heterocycles. The molecule has 3 aromatic rings. The van der Waals surface area contributed by atoms with Crippen molar-refractivity contribution in [1.82, 2.24) is 19.4 Å². The van der Waals surface area contributed by atoms with Crippen LogP contribution in [-0.2, 0) is 16.9 Å².